The second-order valence-electron chi connectivity index (χ2n) is 2.83. The minimum atomic E-state index is -0.0584. The molecule has 11 heavy (non-hydrogen) atoms. The Balaban J connectivity index is 3.22. The van der Waals surface area contributed by atoms with Gasteiger partial charge >= 0.3 is 0 Å². The number of hydrogen-bond acceptors (Lipinski definition) is 2. The number of hydrogen-bond donors (Lipinski definition) is 2. The van der Waals surface area contributed by atoms with Crippen LogP contribution >= 0.6 is 12.6 Å². The first-order chi connectivity index (χ1) is 5.16. The fourth-order valence-electron chi connectivity index (χ4n) is 0.920. The number of carbonyl (C=O) groups excluding carboxylic acids is 1. The number of nitrogens with two attached hydrogens (primary N) is 1. The molecular formula is C8H17NOS. The zero-order valence-electron chi connectivity index (χ0n) is 7.05. The van der Waals surface area contributed by atoms with E-state index in [1.807, 2.05) is 0 Å². The maximum atomic E-state index is 10.4. The summed E-state index contributed by atoms with van der Waals surface area (Å²) in [6.45, 7) is 2.14. The molecule has 0 aliphatic heterocycles. The minimum Gasteiger partial charge on any atom is -0.328 e. The fraction of sp³-hybridized carbons (Fsp3) is 0.875. The summed E-state index contributed by atoms with van der Waals surface area (Å²) in [5, 5.41) is -0.0584. The molecular weight excluding hydrogens is 158 g/mol. The summed E-state index contributed by atoms with van der Waals surface area (Å²) in [6.07, 6.45) is 4.64. The highest BCUT2D eigenvalue weighted by molar-refractivity contribution is 7.96. The zero-order chi connectivity index (χ0) is 8.69. The van der Waals surface area contributed by atoms with Gasteiger partial charge in [-0.3, -0.25) is 4.79 Å². The Kier molecular flexibility index (Phi) is 6.66. The first-order valence-corrected chi connectivity index (χ1v) is 4.59. The molecule has 0 amide bonds. The molecule has 0 heterocycles. The highest BCUT2D eigenvalue weighted by Gasteiger charge is 2.03. The molecule has 1 atom stereocenters. The summed E-state index contributed by atoms with van der Waals surface area (Å²) in [5.41, 5.74) is 5.72. The Bertz CT molecular complexity index is 117. The van der Waals surface area contributed by atoms with E-state index < -0.39 is 0 Å². The quantitative estimate of drug-likeness (QED) is 0.604. The summed E-state index contributed by atoms with van der Waals surface area (Å²) in [7, 11) is 0. The molecule has 0 rings (SSSR count). The minimum absolute atomic E-state index is 0.0584. The third kappa shape index (κ3) is 7.88. The molecule has 0 aliphatic rings. The maximum Gasteiger partial charge on any atom is 0.185 e. The molecule has 0 saturated heterocycles. The van der Waals surface area contributed by atoms with Gasteiger partial charge in [-0.05, 0) is 12.8 Å². The van der Waals surface area contributed by atoms with Crippen molar-refractivity contribution in [2.45, 2.75) is 45.1 Å². The third-order valence-electron chi connectivity index (χ3n) is 1.66. The Morgan fingerprint density at radius 3 is 2.64 bits per heavy atom. The van der Waals surface area contributed by atoms with Gasteiger partial charge in [0.05, 0.1) is 0 Å². The van der Waals surface area contributed by atoms with Crippen LogP contribution in [0.25, 0.3) is 0 Å². The fourth-order valence-corrected chi connectivity index (χ4v) is 1.05. The molecule has 0 aliphatic carbocycles. The van der Waals surface area contributed by atoms with E-state index in [-0.39, 0.29) is 11.2 Å². The lowest BCUT2D eigenvalue weighted by atomic mass is 10.1. The molecule has 3 heteroatoms. The van der Waals surface area contributed by atoms with Gasteiger partial charge in [-0.25, -0.2) is 0 Å². The van der Waals surface area contributed by atoms with E-state index in [1.54, 1.807) is 0 Å². The number of unbranched alkanes of at least 4 members (excludes halogenated alkanes) is 1. The Morgan fingerprint density at radius 1 is 1.55 bits per heavy atom. The van der Waals surface area contributed by atoms with Crippen molar-refractivity contribution in [1.82, 2.24) is 0 Å². The maximum absolute atomic E-state index is 10.4. The van der Waals surface area contributed by atoms with Crippen LogP contribution in [-0.4, -0.2) is 11.2 Å². The SMILES string of the molecule is CCCC[C@@H](N)CCC(=O)S. The van der Waals surface area contributed by atoms with Gasteiger partial charge in [-0.15, -0.1) is 12.6 Å². The van der Waals surface area contributed by atoms with Crippen LogP contribution in [0.1, 0.15) is 39.0 Å². The van der Waals surface area contributed by atoms with Gasteiger partial charge < -0.3 is 5.73 Å². The van der Waals surface area contributed by atoms with Crippen LogP contribution < -0.4 is 5.73 Å². The van der Waals surface area contributed by atoms with Crippen molar-refractivity contribution in [2.75, 3.05) is 0 Å². The van der Waals surface area contributed by atoms with E-state index in [9.17, 15) is 4.79 Å². The molecule has 0 bridgehead atoms. The van der Waals surface area contributed by atoms with Crippen LogP contribution in [0.4, 0.5) is 0 Å². The molecule has 66 valence electrons. The van der Waals surface area contributed by atoms with Gasteiger partial charge in [0.1, 0.15) is 0 Å². The smallest absolute Gasteiger partial charge is 0.185 e. The average Bonchev–Trinajstić information content (AvgIpc) is 1.97. The van der Waals surface area contributed by atoms with Gasteiger partial charge in [0.2, 0.25) is 0 Å². The highest BCUT2D eigenvalue weighted by Crippen LogP contribution is 2.05. The number of rotatable bonds is 6. The zero-order valence-corrected chi connectivity index (χ0v) is 7.94. The Morgan fingerprint density at radius 2 is 2.18 bits per heavy atom. The lowest BCUT2D eigenvalue weighted by Gasteiger charge is -2.08. The molecule has 0 unspecified atom stereocenters. The molecule has 0 aromatic rings. The molecule has 2 nitrogen and oxygen atoms in total. The van der Waals surface area contributed by atoms with Crippen molar-refractivity contribution in [3.8, 4) is 0 Å². The van der Waals surface area contributed by atoms with Crippen molar-refractivity contribution < 1.29 is 4.79 Å². The summed E-state index contributed by atoms with van der Waals surface area (Å²) in [6, 6.07) is 0.186. The first-order valence-electron chi connectivity index (χ1n) is 4.14. The topological polar surface area (TPSA) is 43.1 Å². The normalized spacial score (nSPS) is 13.0. The molecule has 0 saturated carbocycles. The van der Waals surface area contributed by atoms with Crippen LogP contribution in [0.2, 0.25) is 0 Å². The third-order valence-corrected chi connectivity index (χ3v) is 1.88. The van der Waals surface area contributed by atoms with Crippen molar-refractivity contribution >= 4 is 17.7 Å². The summed E-state index contributed by atoms with van der Waals surface area (Å²) in [5.74, 6) is 0. The van der Waals surface area contributed by atoms with Crippen LogP contribution in [0, 0.1) is 0 Å². The summed E-state index contributed by atoms with van der Waals surface area (Å²) >= 11 is 3.67. The predicted molar refractivity (Wildman–Crippen MR) is 50.7 cm³/mol. The van der Waals surface area contributed by atoms with Crippen molar-refractivity contribution in [2.24, 2.45) is 5.73 Å². The lowest BCUT2D eigenvalue weighted by molar-refractivity contribution is -0.110. The number of thiol groups is 1. The lowest BCUT2D eigenvalue weighted by Crippen LogP contribution is -2.20. The van der Waals surface area contributed by atoms with Gasteiger partial charge in [0, 0.05) is 12.5 Å². The van der Waals surface area contributed by atoms with Gasteiger partial charge in [-0.1, -0.05) is 19.8 Å². The summed E-state index contributed by atoms with van der Waals surface area (Å²) < 4.78 is 0. The standard InChI is InChI=1S/C8H17NOS/c1-2-3-4-7(9)5-6-8(10)11/h7H,2-6,9H2,1H3,(H,10,11)/t7-/m1/s1. The van der Waals surface area contributed by atoms with E-state index in [0.29, 0.717) is 6.42 Å². The monoisotopic (exact) mass is 175 g/mol. The van der Waals surface area contributed by atoms with Crippen molar-refractivity contribution in [3.05, 3.63) is 0 Å². The van der Waals surface area contributed by atoms with Crippen LogP contribution in [-0.2, 0) is 4.79 Å². The molecule has 2 N–H and O–H groups in total. The van der Waals surface area contributed by atoms with E-state index >= 15 is 0 Å². The molecule has 0 spiro atoms. The van der Waals surface area contributed by atoms with Crippen LogP contribution in [0.3, 0.4) is 0 Å². The van der Waals surface area contributed by atoms with Crippen molar-refractivity contribution in [1.29, 1.82) is 0 Å². The predicted octanol–water partition coefficient (Wildman–Crippen LogP) is 1.74. The van der Waals surface area contributed by atoms with E-state index in [2.05, 4.69) is 19.6 Å². The van der Waals surface area contributed by atoms with E-state index in [0.717, 1.165) is 19.3 Å². The average molecular weight is 175 g/mol. The van der Waals surface area contributed by atoms with E-state index in [4.69, 9.17) is 5.73 Å². The molecule has 0 fully saturated rings. The van der Waals surface area contributed by atoms with E-state index in [1.165, 1.54) is 6.42 Å². The number of carbonyl (C=O) groups is 1. The van der Waals surface area contributed by atoms with Crippen LogP contribution in [0.5, 0.6) is 0 Å². The van der Waals surface area contributed by atoms with Gasteiger partial charge in [0.25, 0.3) is 0 Å². The highest BCUT2D eigenvalue weighted by atomic mass is 32.1. The van der Waals surface area contributed by atoms with Crippen molar-refractivity contribution in [3.63, 3.8) is 0 Å². The Labute approximate surface area is 74.0 Å². The summed E-state index contributed by atoms with van der Waals surface area (Å²) in [4.78, 5) is 10.4. The van der Waals surface area contributed by atoms with Crippen LogP contribution in [0.15, 0.2) is 0 Å². The van der Waals surface area contributed by atoms with Gasteiger partial charge in [-0.2, -0.15) is 0 Å². The first kappa shape index (κ1) is 11.0. The Hall–Kier alpha value is -0.0200. The second kappa shape index (κ2) is 6.68. The molecule has 0 aromatic carbocycles. The molecule has 0 aromatic heterocycles. The largest absolute Gasteiger partial charge is 0.328 e. The van der Waals surface area contributed by atoms with Gasteiger partial charge in [0.15, 0.2) is 5.12 Å². The molecule has 0 radical (unpaired) electrons. The second-order valence-corrected chi connectivity index (χ2v) is 3.33.